The van der Waals surface area contributed by atoms with Crippen LogP contribution < -0.4 is 19.7 Å². The third-order valence-corrected chi connectivity index (χ3v) is 4.60. The number of rotatable bonds is 7. The average molecular weight is 460 g/mol. The first kappa shape index (κ1) is 20.5. The van der Waals surface area contributed by atoms with Crippen LogP contribution in [0.25, 0.3) is 0 Å². The number of benzene rings is 2. The molecule has 1 N–H and O–H groups in total. The van der Waals surface area contributed by atoms with Crippen molar-refractivity contribution in [3.05, 3.63) is 46.4 Å². The second kappa shape index (κ2) is 9.30. The van der Waals surface area contributed by atoms with Gasteiger partial charge in [0, 0.05) is 6.07 Å². The number of cyclic esters (lactones) is 1. The SMILES string of the molecule is CCOc1cc(C#N)cc(Br)c1OCC(=O)Nc1ccccc1N1CCOC1=O. The lowest BCUT2D eigenvalue weighted by Gasteiger charge is -2.18. The van der Waals surface area contributed by atoms with Gasteiger partial charge in [-0.15, -0.1) is 0 Å². The monoisotopic (exact) mass is 459 g/mol. The number of nitriles is 1. The molecule has 0 atom stereocenters. The Morgan fingerprint density at radius 3 is 2.83 bits per heavy atom. The van der Waals surface area contributed by atoms with Crippen molar-refractivity contribution in [3.63, 3.8) is 0 Å². The van der Waals surface area contributed by atoms with E-state index in [1.165, 1.54) is 4.90 Å². The molecule has 1 heterocycles. The van der Waals surface area contributed by atoms with E-state index in [4.69, 9.17) is 19.5 Å². The summed E-state index contributed by atoms with van der Waals surface area (Å²) in [5, 5.41) is 11.8. The summed E-state index contributed by atoms with van der Waals surface area (Å²) in [7, 11) is 0. The van der Waals surface area contributed by atoms with E-state index in [9.17, 15) is 9.59 Å². The van der Waals surface area contributed by atoms with Gasteiger partial charge >= 0.3 is 6.09 Å². The molecule has 0 radical (unpaired) electrons. The highest BCUT2D eigenvalue weighted by molar-refractivity contribution is 9.10. The Morgan fingerprint density at radius 2 is 2.14 bits per heavy atom. The predicted octanol–water partition coefficient (Wildman–Crippen LogP) is 3.69. The smallest absolute Gasteiger partial charge is 0.414 e. The molecule has 1 aliphatic heterocycles. The Morgan fingerprint density at radius 1 is 1.34 bits per heavy atom. The number of carbonyl (C=O) groups excluding carboxylic acids is 2. The zero-order valence-electron chi connectivity index (χ0n) is 15.6. The molecule has 2 amide bonds. The van der Waals surface area contributed by atoms with Crippen LogP contribution in [0.3, 0.4) is 0 Å². The first-order valence-electron chi connectivity index (χ1n) is 8.86. The van der Waals surface area contributed by atoms with Crippen LogP contribution in [0.15, 0.2) is 40.9 Å². The van der Waals surface area contributed by atoms with Crippen molar-refractivity contribution in [2.24, 2.45) is 0 Å². The summed E-state index contributed by atoms with van der Waals surface area (Å²) in [5.41, 5.74) is 1.44. The molecule has 1 aliphatic rings. The lowest BCUT2D eigenvalue weighted by Crippen LogP contribution is -2.26. The molecule has 0 aliphatic carbocycles. The number of anilines is 2. The number of halogens is 1. The van der Waals surface area contributed by atoms with Crippen molar-refractivity contribution in [1.82, 2.24) is 0 Å². The van der Waals surface area contributed by atoms with Crippen LogP contribution in [0.1, 0.15) is 12.5 Å². The van der Waals surface area contributed by atoms with Gasteiger partial charge in [0.25, 0.3) is 5.91 Å². The number of hydrogen-bond acceptors (Lipinski definition) is 6. The van der Waals surface area contributed by atoms with E-state index >= 15 is 0 Å². The Hall–Kier alpha value is -3.25. The maximum Gasteiger partial charge on any atom is 0.414 e. The van der Waals surface area contributed by atoms with Crippen LogP contribution in [0.4, 0.5) is 16.2 Å². The van der Waals surface area contributed by atoms with E-state index < -0.39 is 12.0 Å². The molecule has 0 saturated carbocycles. The maximum absolute atomic E-state index is 12.5. The lowest BCUT2D eigenvalue weighted by molar-refractivity contribution is -0.118. The van der Waals surface area contributed by atoms with Gasteiger partial charge in [-0.25, -0.2) is 4.79 Å². The average Bonchev–Trinajstić information content (AvgIpc) is 3.13. The largest absolute Gasteiger partial charge is 0.490 e. The zero-order chi connectivity index (χ0) is 20.8. The van der Waals surface area contributed by atoms with Gasteiger partial charge in [-0.2, -0.15) is 5.26 Å². The van der Waals surface area contributed by atoms with Gasteiger partial charge in [0.05, 0.1) is 40.6 Å². The molecule has 0 spiro atoms. The van der Waals surface area contributed by atoms with Crippen molar-refractivity contribution >= 4 is 39.3 Å². The van der Waals surface area contributed by atoms with Crippen LogP contribution in [0, 0.1) is 11.3 Å². The number of nitrogens with zero attached hydrogens (tertiary/aromatic N) is 2. The molecule has 9 heteroatoms. The number of para-hydroxylation sites is 2. The van der Waals surface area contributed by atoms with Crippen molar-refractivity contribution < 1.29 is 23.8 Å². The van der Waals surface area contributed by atoms with Crippen LogP contribution in [-0.4, -0.2) is 38.4 Å². The topological polar surface area (TPSA) is 101 Å². The van der Waals surface area contributed by atoms with Crippen molar-refractivity contribution in [2.45, 2.75) is 6.92 Å². The van der Waals surface area contributed by atoms with Crippen LogP contribution in [0.2, 0.25) is 0 Å². The molecule has 3 rings (SSSR count). The summed E-state index contributed by atoms with van der Waals surface area (Å²) >= 11 is 3.34. The Bertz CT molecular complexity index is 973. The Labute approximate surface area is 176 Å². The number of ether oxygens (including phenoxy) is 3. The number of carbonyl (C=O) groups is 2. The van der Waals surface area contributed by atoms with Gasteiger partial charge in [0.15, 0.2) is 18.1 Å². The maximum atomic E-state index is 12.5. The molecule has 0 aromatic heterocycles. The first-order chi connectivity index (χ1) is 14.0. The second-order valence-corrected chi connectivity index (χ2v) is 6.80. The molecule has 0 unspecified atom stereocenters. The molecule has 150 valence electrons. The highest BCUT2D eigenvalue weighted by atomic mass is 79.9. The van der Waals surface area contributed by atoms with Crippen molar-refractivity contribution in [1.29, 1.82) is 5.26 Å². The minimum atomic E-state index is -0.453. The molecule has 1 saturated heterocycles. The van der Waals surface area contributed by atoms with Gasteiger partial charge in [-0.1, -0.05) is 12.1 Å². The van der Waals surface area contributed by atoms with Crippen LogP contribution >= 0.6 is 15.9 Å². The van der Waals surface area contributed by atoms with Gasteiger partial charge in [-0.05, 0) is 41.1 Å². The summed E-state index contributed by atoms with van der Waals surface area (Å²) in [4.78, 5) is 25.8. The fourth-order valence-corrected chi connectivity index (χ4v) is 3.34. The molecule has 1 fully saturated rings. The minimum absolute atomic E-state index is 0.288. The molecule has 0 bridgehead atoms. The summed E-state index contributed by atoms with van der Waals surface area (Å²) in [6.45, 7) is 2.62. The first-order valence-corrected chi connectivity index (χ1v) is 9.65. The molecule has 2 aromatic rings. The summed E-state index contributed by atoms with van der Waals surface area (Å²) in [5.74, 6) is 0.285. The van der Waals surface area contributed by atoms with E-state index in [0.29, 0.717) is 52.7 Å². The number of hydrogen-bond donors (Lipinski definition) is 1. The molecular weight excluding hydrogens is 442 g/mol. The van der Waals surface area contributed by atoms with Crippen LogP contribution in [0.5, 0.6) is 11.5 Å². The summed E-state index contributed by atoms with van der Waals surface area (Å²) < 4.78 is 16.6. The highest BCUT2D eigenvalue weighted by Crippen LogP contribution is 2.37. The highest BCUT2D eigenvalue weighted by Gasteiger charge is 2.26. The van der Waals surface area contributed by atoms with E-state index in [0.717, 1.165) is 0 Å². The summed E-state index contributed by atoms with van der Waals surface area (Å²) in [6.07, 6.45) is -0.453. The lowest BCUT2D eigenvalue weighted by atomic mass is 10.2. The van der Waals surface area contributed by atoms with Gasteiger partial charge in [-0.3, -0.25) is 9.69 Å². The van der Waals surface area contributed by atoms with Crippen molar-refractivity contribution in [3.8, 4) is 17.6 Å². The van der Waals surface area contributed by atoms with E-state index in [1.807, 2.05) is 13.0 Å². The van der Waals surface area contributed by atoms with Crippen LogP contribution in [-0.2, 0) is 9.53 Å². The Balaban J connectivity index is 1.72. The predicted molar refractivity (Wildman–Crippen MR) is 109 cm³/mol. The zero-order valence-corrected chi connectivity index (χ0v) is 17.2. The normalized spacial score (nSPS) is 12.9. The molecular formula is C20H18BrN3O5. The van der Waals surface area contributed by atoms with E-state index in [-0.39, 0.29) is 6.61 Å². The second-order valence-electron chi connectivity index (χ2n) is 5.95. The fourth-order valence-electron chi connectivity index (χ4n) is 2.79. The third kappa shape index (κ3) is 4.78. The van der Waals surface area contributed by atoms with Crippen molar-refractivity contribution in [2.75, 3.05) is 36.6 Å². The van der Waals surface area contributed by atoms with Gasteiger partial charge < -0.3 is 19.5 Å². The van der Waals surface area contributed by atoms with E-state index in [2.05, 4.69) is 21.2 Å². The minimum Gasteiger partial charge on any atom is -0.490 e. The van der Waals surface area contributed by atoms with E-state index in [1.54, 1.807) is 36.4 Å². The quantitative estimate of drug-likeness (QED) is 0.677. The number of nitrogens with one attached hydrogen (secondary N) is 1. The number of amides is 2. The Kier molecular flexibility index (Phi) is 6.57. The molecule has 29 heavy (non-hydrogen) atoms. The summed E-state index contributed by atoms with van der Waals surface area (Å²) in [6, 6.07) is 12.1. The van der Waals surface area contributed by atoms with Gasteiger partial charge in [0.2, 0.25) is 0 Å². The molecule has 2 aromatic carbocycles. The van der Waals surface area contributed by atoms with Gasteiger partial charge in [0.1, 0.15) is 6.61 Å². The third-order valence-electron chi connectivity index (χ3n) is 4.02. The molecule has 8 nitrogen and oxygen atoms in total. The standard InChI is InChI=1S/C20H18BrN3O5/c1-2-27-17-10-13(11-22)9-14(21)19(17)29-12-18(25)23-15-5-3-4-6-16(15)24-7-8-28-20(24)26/h3-6,9-10H,2,7-8,12H2,1H3,(H,23,25). The fraction of sp³-hybridized carbons (Fsp3) is 0.250.